The fourth-order valence-electron chi connectivity index (χ4n) is 1.21. The number of carbonyl (C=O) groups is 2. The molecule has 2 radical (unpaired) electrons. The molecule has 84 valence electrons. The molecule has 0 spiro atoms. The van der Waals surface area contributed by atoms with Gasteiger partial charge < -0.3 is 10.6 Å². The number of amides is 2. The molecule has 0 saturated heterocycles. The Labute approximate surface area is 99.4 Å². The zero-order chi connectivity index (χ0) is 13.0. The number of carbonyl (C=O) groups excluding carboxylic acids is 2. The molecular weight excluding hydrogens is 219 g/mol. The van der Waals surface area contributed by atoms with Crippen molar-refractivity contribution in [2.75, 3.05) is 10.6 Å². The number of aromatic nitrogens is 1. The Kier molecular flexibility index (Phi) is 3.83. The summed E-state index contributed by atoms with van der Waals surface area (Å²) in [6.07, 6.45) is 0. The molecular formula is C10H9BN4O2. The summed E-state index contributed by atoms with van der Waals surface area (Å²) < 4.78 is 0. The van der Waals surface area contributed by atoms with Crippen LogP contribution in [0, 0.1) is 11.3 Å². The van der Waals surface area contributed by atoms with E-state index in [0.717, 1.165) is 0 Å². The maximum atomic E-state index is 11.0. The van der Waals surface area contributed by atoms with E-state index in [1.807, 2.05) is 6.07 Å². The van der Waals surface area contributed by atoms with Gasteiger partial charge in [0.25, 0.3) is 0 Å². The first-order valence-corrected chi connectivity index (χ1v) is 4.70. The van der Waals surface area contributed by atoms with Crippen LogP contribution in [0.15, 0.2) is 6.07 Å². The van der Waals surface area contributed by atoms with Crippen LogP contribution in [0.3, 0.4) is 0 Å². The molecule has 1 heterocycles. The van der Waals surface area contributed by atoms with Gasteiger partial charge in [-0.15, -0.1) is 0 Å². The first-order chi connectivity index (χ1) is 7.93. The normalized spacial score (nSPS) is 9.24. The second kappa shape index (κ2) is 5.12. The van der Waals surface area contributed by atoms with E-state index in [2.05, 4.69) is 15.6 Å². The number of nitrogens with zero attached hydrogens (tertiary/aromatic N) is 2. The average molecular weight is 228 g/mol. The van der Waals surface area contributed by atoms with Crippen LogP contribution in [0.1, 0.15) is 19.4 Å². The topological polar surface area (TPSA) is 94.9 Å². The van der Waals surface area contributed by atoms with Crippen molar-refractivity contribution in [1.29, 1.82) is 5.26 Å². The summed E-state index contributed by atoms with van der Waals surface area (Å²) in [5.74, 6) is -0.492. The van der Waals surface area contributed by atoms with Gasteiger partial charge in [-0.05, 0) is 0 Å². The molecule has 17 heavy (non-hydrogen) atoms. The molecule has 2 N–H and O–H groups in total. The third-order valence-electron chi connectivity index (χ3n) is 1.77. The van der Waals surface area contributed by atoms with Crippen LogP contribution in [0.25, 0.3) is 0 Å². The van der Waals surface area contributed by atoms with Crippen molar-refractivity contribution in [1.82, 2.24) is 4.98 Å². The summed E-state index contributed by atoms with van der Waals surface area (Å²) in [6.45, 7) is 2.62. The van der Waals surface area contributed by atoms with Gasteiger partial charge in [-0.1, -0.05) is 0 Å². The van der Waals surface area contributed by atoms with Gasteiger partial charge in [-0.3, -0.25) is 9.59 Å². The molecule has 2 amide bonds. The van der Waals surface area contributed by atoms with Crippen LogP contribution in [-0.2, 0) is 9.59 Å². The van der Waals surface area contributed by atoms with Gasteiger partial charge in [0.15, 0.2) is 0 Å². The van der Waals surface area contributed by atoms with Crippen LogP contribution >= 0.6 is 0 Å². The summed E-state index contributed by atoms with van der Waals surface area (Å²) >= 11 is 0. The predicted octanol–water partition coefficient (Wildman–Crippen LogP) is -0.336. The Morgan fingerprint density at radius 2 is 1.94 bits per heavy atom. The lowest BCUT2D eigenvalue weighted by Crippen LogP contribution is -2.21. The van der Waals surface area contributed by atoms with Crippen molar-refractivity contribution in [3.8, 4) is 6.07 Å². The molecule has 0 aromatic carbocycles. The minimum absolute atomic E-state index is 0.0532. The van der Waals surface area contributed by atoms with Crippen molar-refractivity contribution < 1.29 is 9.59 Å². The number of rotatable bonds is 2. The lowest BCUT2D eigenvalue weighted by molar-refractivity contribution is -0.115. The van der Waals surface area contributed by atoms with Crippen molar-refractivity contribution in [3.05, 3.63) is 11.6 Å². The zero-order valence-electron chi connectivity index (χ0n) is 9.37. The quantitative estimate of drug-likeness (QED) is 0.677. The van der Waals surface area contributed by atoms with Crippen LogP contribution < -0.4 is 16.2 Å². The Bertz CT molecular complexity index is 522. The van der Waals surface area contributed by atoms with Crippen molar-refractivity contribution >= 4 is 36.8 Å². The molecule has 0 saturated carbocycles. The smallest absolute Gasteiger partial charge is 0.222 e. The molecule has 1 aromatic heterocycles. The Morgan fingerprint density at radius 3 is 2.41 bits per heavy atom. The minimum Gasteiger partial charge on any atom is -0.325 e. The third kappa shape index (κ3) is 3.31. The minimum atomic E-state index is -0.346. The first kappa shape index (κ1) is 12.7. The molecule has 0 bridgehead atoms. The largest absolute Gasteiger partial charge is 0.325 e. The average Bonchev–Trinajstić information content (AvgIpc) is 2.14. The lowest BCUT2D eigenvalue weighted by Gasteiger charge is -2.10. The molecule has 0 aliphatic rings. The monoisotopic (exact) mass is 228 g/mol. The Balaban J connectivity index is 3.24. The number of anilines is 2. The molecule has 0 aliphatic heterocycles. The van der Waals surface area contributed by atoms with E-state index in [1.54, 1.807) is 0 Å². The number of nitrogens with one attached hydrogen (secondary N) is 2. The SMILES string of the molecule is [B]c1nc(NC(C)=O)cc(NC(C)=O)c1C#N. The van der Waals surface area contributed by atoms with Gasteiger partial charge in [0.1, 0.15) is 19.7 Å². The van der Waals surface area contributed by atoms with Gasteiger partial charge in [0.05, 0.1) is 11.3 Å². The standard InChI is InChI=1S/C10H9BN4O2/c1-5(16)13-8-3-9(14-6(2)17)15-10(11)7(8)4-12/h3H,1-2H3,(H2,13,14,15,16,17). The summed E-state index contributed by atoms with van der Waals surface area (Å²) in [5, 5.41) is 13.7. The molecule has 6 nitrogen and oxygen atoms in total. The molecule has 0 aliphatic carbocycles. The van der Waals surface area contributed by atoms with E-state index in [4.69, 9.17) is 13.1 Å². The van der Waals surface area contributed by atoms with Gasteiger partial charge in [0.2, 0.25) is 11.8 Å². The maximum Gasteiger partial charge on any atom is 0.222 e. The van der Waals surface area contributed by atoms with Crippen molar-refractivity contribution in [2.45, 2.75) is 13.8 Å². The lowest BCUT2D eigenvalue weighted by atomic mass is 9.96. The number of hydrogen-bond donors (Lipinski definition) is 2. The van der Waals surface area contributed by atoms with E-state index >= 15 is 0 Å². The van der Waals surface area contributed by atoms with Crippen LogP contribution in [0.4, 0.5) is 11.5 Å². The maximum absolute atomic E-state index is 11.0. The Hall–Kier alpha value is -2.36. The van der Waals surface area contributed by atoms with E-state index in [1.165, 1.54) is 19.9 Å². The highest BCUT2D eigenvalue weighted by atomic mass is 16.2. The molecule has 7 heteroatoms. The van der Waals surface area contributed by atoms with E-state index in [-0.39, 0.29) is 34.5 Å². The van der Waals surface area contributed by atoms with E-state index < -0.39 is 0 Å². The second-order valence-corrected chi connectivity index (χ2v) is 3.29. The van der Waals surface area contributed by atoms with Gasteiger partial charge >= 0.3 is 0 Å². The van der Waals surface area contributed by atoms with Crippen molar-refractivity contribution in [3.63, 3.8) is 0 Å². The zero-order valence-corrected chi connectivity index (χ0v) is 9.37. The Morgan fingerprint density at radius 1 is 1.35 bits per heavy atom. The first-order valence-electron chi connectivity index (χ1n) is 4.70. The highest BCUT2D eigenvalue weighted by molar-refractivity contribution is 6.33. The summed E-state index contributed by atoms with van der Waals surface area (Å²) in [5.41, 5.74) is 0.230. The van der Waals surface area contributed by atoms with Crippen LogP contribution in [0.2, 0.25) is 0 Å². The van der Waals surface area contributed by atoms with Crippen molar-refractivity contribution in [2.24, 2.45) is 0 Å². The van der Waals surface area contributed by atoms with E-state index in [0.29, 0.717) is 0 Å². The van der Waals surface area contributed by atoms with Gasteiger partial charge in [0, 0.05) is 25.5 Å². The predicted molar refractivity (Wildman–Crippen MR) is 62.9 cm³/mol. The summed E-state index contributed by atoms with van der Waals surface area (Å²) in [4.78, 5) is 25.6. The number of hydrogen-bond acceptors (Lipinski definition) is 4. The molecule has 1 aromatic rings. The summed E-state index contributed by atoms with van der Waals surface area (Å²) in [7, 11) is 5.55. The van der Waals surface area contributed by atoms with Gasteiger partial charge in [-0.2, -0.15) is 5.26 Å². The summed E-state index contributed by atoms with van der Waals surface area (Å²) in [6, 6.07) is 3.21. The molecule has 1 rings (SSSR count). The fourth-order valence-corrected chi connectivity index (χ4v) is 1.21. The highest BCUT2D eigenvalue weighted by Crippen LogP contribution is 2.16. The number of nitriles is 1. The fraction of sp³-hybridized carbons (Fsp3) is 0.200. The molecule has 0 fully saturated rings. The molecule has 0 atom stereocenters. The second-order valence-electron chi connectivity index (χ2n) is 3.29. The van der Waals surface area contributed by atoms with Crippen LogP contribution in [0.5, 0.6) is 0 Å². The van der Waals surface area contributed by atoms with E-state index in [9.17, 15) is 9.59 Å². The van der Waals surface area contributed by atoms with Gasteiger partial charge in [-0.25, -0.2) is 4.98 Å². The van der Waals surface area contributed by atoms with Crippen LogP contribution in [-0.4, -0.2) is 24.6 Å². The highest BCUT2D eigenvalue weighted by Gasteiger charge is 2.10. The number of pyridine rings is 1. The third-order valence-corrected chi connectivity index (χ3v) is 1.77. The molecule has 0 unspecified atom stereocenters.